The van der Waals surface area contributed by atoms with Crippen LogP contribution in [0, 0.1) is 6.92 Å². The SMILES string of the molecule is Cc1ccc(-c2noc(NC3CCCc4c3cnn4C)n2)cc1. The molecule has 118 valence electrons. The number of hydrogen-bond acceptors (Lipinski definition) is 5. The van der Waals surface area contributed by atoms with Gasteiger partial charge in [-0.1, -0.05) is 35.0 Å². The van der Waals surface area contributed by atoms with Crippen LogP contribution in [-0.2, 0) is 13.5 Å². The van der Waals surface area contributed by atoms with E-state index in [1.807, 2.05) is 42.2 Å². The first kappa shape index (κ1) is 14.0. The van der Waals surface area contributed by atoms with Crippen LogP contribution in [0.2, 0.25) is 0 Å². The highest BCUT2D eigenvalue weighted by molar-refractivity contribution is 5.56. The van der Waals surface area contributed by atoms with Crippen LogP contribution in [0.3, 0.4) is 0 Å². The van der Waals surface area contributed by atoms with Crippen molar-refractivity contribution in [3.63, 3.8) is 0 Å². The van der Waals surface area contributed by atoms with E-state index in [0.717, 1.165) is 24.8 Å². The Morgan fingerprint density at radius 1 is 1.26 bits per heavy atom. The topological polar surface area (TPSA) is 68.8 Å². The van der Waals surface area contributed by atoms with Crippen molar-refractivity contribution in [3.8, 4) is 11.4 Å². The molecular weight excluding hydrogens is 290 g/mol. The minimum Gasteiger partial charge on any atom is -0.331 e. The second-order valence-corrected chi connectivity index (χ2v) is 6.05. The van der Waals surface area contributed by atoms with Crippen LogP contribution in [-0.4, -0.2) is 19.9 Å². The summed E-state index contributed by atoms with van der Waals surface area (Å²) in [6, 6.07) is 8.73. The van der Waals surface area contributed by atoms with Crippen molar-refractivity contribution in [1.82, 2.24) is 19.9 Å². The van der Waals surface area contributed by atoms with Gasteiger partial charge in [0.15, 0.2) is 0 Å². The number of aromatic nitrogens is 4. The summed E-state index contributed by atoms with van der Waals surface area (Å²) in [5.74, 6) is 0.606. The third-order valence-corrected chi connectivity index (χ3v) is 4.41. The molecule has 0 spiro atoms. The largest absolute Gasteiger partial charge is 0.331 e. The molecule has 1 unspecified atom stereocenters. The third-order valence-electron chi connectivity index (χ3n) is 4.41. The fourth-order valence-corrected chi connectivity index (χ4v) is 3.11. The highest BCUT2D eigenvalue weighted by Gasteiger charge is 2.24. The fraction of sp³-hybridized carbons (Fsp3) is 0.353. The normalized spacial score (nSPS) is 17.0. The molecule has 0 aliphatic heterocycles. The zero-order valence-corrected chi connectivity index (χ0v) is 13.3. The summed E-state index contributed by atoms with van der Waals surface area (Å²) in [5.41, 5.74) is 4.68. The van der Waals surface area contributed by atoms with Gasteiger partial charge in [0.05, 0.1) is 12.2 Å². The zero-order valence-electron chi connectivity index (χ0n) is 13.3. The Morgan fingerprint density at radius 2 is 2.09 bits per heavy atom. The van der Waals surface area contributed by atoms with Gasteiger partial charge in [0.1, 0.15) is 0 Å². The average molecular weight is 309 g/mol. The Kier molecular flexibility index (Phi) is 3.37. The summed E-state index contributed by atoms with van der Waals surface area (Å²) in [6.07, 6.45) is 5.18. The van der Waals surface area contributed by atoms with E-state index in [9.17, 15) is 0 Å². The number of nitrogens with zero attached hydrogens (tertiary/aromatic N) is 4. The van der Waals surface area contributed by atoms with Crippen LogP contribution in [0.25, 0.3) is 11.4 Å². The van der Waals surface area contributed by atoms with Crippen molar-refractivity contribution in [1.29, 1.82) is 0 Å². The summed E-state index contributed by atoms with van der Waals surface area (Å²) in [4.78, 5) is 4.47. The van der Waals surface area contributed by atoms with E-state index >= 15 is 0 Å². The van der Waals surface area contributed by atoms with E-state index in [2.05, 4.69) is 27.5 Å². The van der Waals surface area contributed by atoms with Gasteiger partial charge >= 0.3 is 6.01 Å². The lowest BCUT2D eigenvalue weighted by molar-refractivity contribution is 0.423. The first-order valence-electron chi connectivity index (χ1n) is 7.89. The van der Waals surface area contributed by atoms with E-state index in [1.54, 1.807) is 0 Å². The van der Waals surface area contributed by atoms with Gasteiger partial charge in [0.2, 0.25) is 5.82 Å². The second kappa shape index (κ2) is 5.53. The van der Waals surface area contributed by atoms with Crippen LogP contribution in [0.4, 0.5) is 6.01 Å². The predicted molar refractivity (Wildman–Crippen MR) is 87.0 cm³/mol. The molecule has 4 rings (SSSR count). The standard InChI is InChI=1S/C17H19N5O/c1-11-6-8-12(9-7-11)16-20-17(23-21-16)19-14-4-3-5-15-13(14)10-18-22(15)2/h6-10,14H,3-5H2,1-2H3,(H,19,20,21). The van der Waals surface area contributed by atoms with E-state index in [0.29, 0.717) is 11.8 Å². The first-order valence-corrected chi connectivity index (χ1v) is 7.89. The van der Waals surface area contributed by atoms with Gasteiger partial charge in [-0.3, -0.25) is 4.68 Å². The molecule has 0 saturated heterocycles. The zero-order chi connectivity index (χ0) is 15.8. The number of benzene rings is 1. The van der Waals surface area contributed by atoms with Crippen LogP contribution in [0.5, 0.6) is 0 Å². The van der Waals surface area contributed by atoms with Crippen LogP contribution in [0.1, 0.15) is 35.7 Å². The lowest BCUT2D eigenvalue weighted by Crippen LogP contribution is -2.17. The van der Waals surface area contributed by atoms with E-state index in [1.165, 1.54) is 16.8 Å². The lowest BCUT2D eigenvalue weighted by atomic mass is 9.93. The van der Waals surface area contributed by atoms with Gasteiger partial charge in [-0.15, -0.1) is 0 Å². The lowest BCUT2D eigenvalue weighted by Gasteiger charge is -2.22. The molecule has 2 heterocycles. The molecule has 1 aromatic carbocycles. The maximum atomic E-state index is 5.37. The molecular formula is C17H19N5O. The molecule has 1 N–H and O–H groups in total. The molecule has 0 amide bonds. The molecule has 0 saturated carbocycles. The van der Waals surface area contributed by atoms with Gasteiger partial charge < -0.3 is 9.84 Å². The Balaban J connectivity index is 1.55. The summed E-state index contributed by atoms with van der Waals surface area (Å²) in [6.45, 7) is 2.06. The minimum atomic E-state index is 0.179. The molecule has 1 atom stereocenters. The molecule has 23 heavy (non-hydrogen) atoms. The highest BCUT2D eigenvalue weighted by Crippen LogP contribution is 2.32. The molecule has 0 bridgehead atoms. The quantitative estimate of drug-likeness (QED) is 0.804. The van der Waals surface area contributed by atoms with E-state index in [-0.39, 0.29) is 6.04 Å². The molecule has 3 aromatic rings. The van der Waals surface area contributed by atoms with Crippen molar-refractivity contribution in [2.24, 2.45) is 7.05 Å². The minimum absolute atomic E-state index is 0.179. The molecule has 2 aromatic heterocycles. The van der Waals surface area contributed by atoms with Crippen LogP contribution in [0.15, 0.2) is 35.0 Å². The monoisotopic (exact) mass is 309 g/mol. The van der Waals surface area contributed by atoms with Crippen molar-refractivity contribution in [3.05, 3.63) is 47.3 Å². The predicted octanol–water partition coefficient (Wildman–Crippen LogP) is 3.27. The fourth-order valence-electron chi connectivity index (χ4n) is 3.11. The molecule has 0 radical (unpaired) electrons. The Labute approximate surface area is 134 Å². The van der Waals surface area contributed by atoms with Gasteiger partial charge in [0, 0.05) is 23.9 Å². The Bertz CT molecular complexity index is 818. The average Bonchev–Trinajstić information content (AvgIpc) is 3.17. The maximum Gasteiger partial charge on any atom is 0.322 e. The summed E-state index contributed by atoms with van der Waals surface area (Å²) in [5, 5.41) is 11.8. The van der Waals surface area contributed by atoms with Crippen molar-refractivity contribution >= 4 is 6.01 Å². The molecule has 6 nitrogen and oxygen atoms in total. The van der Waals surface area contributed by atoms with E-state index in [4.69, 9.17) is 4.52 Å². The first-order chi connectivity index (χ1) is 11.2. The van der Waals surface area contributed by atoms with Gasteiger partial charge in [-0.2, -0.15) is 10.1 Å². The Hall–Kier alpha value is -2.63. The summed E-state index contributed by atoms with van der Waals surface area (Å²) < 4.78 is 7.33. The number of rotatable bonds is 3. The van der Waals surface area contributed by atoms with Gasteiger partial charge in [-0.05, 0) is 26.2 Å². The highest BCUT2D eigenvalue weighted by atomic mass is 16.5. The smallest absolute Gasteiger partial charge is 0.322 e. The van der Waals surface area contributed by atoms with E-state index < -0.39 is 0 Å². The summed E-state index contributed by atoms with van der Waals surface area (Å²) >= 11 is 0. The number of anilines is 1. The van der Waals surface area contributed by atoms with Crippen LogP contribution >= 0.6 is 0 Å². The number of nitrogens with one attached hydrogen (secondary N) is 1. The molecule has 6 heteroatoms. The maximum absolute atomic E-state index is 5.37. The molecule has 1 aliphatic rings. The van der Waals surface area contributed by atoms with Crippen molar-refractivity contribution in [2.45, 2.75) is 32.2 Å². The Morgan fingerprint density at radius 3 is 2.91 bits per heavy atom. The van der Waals surface area contributed by atoms with Gasteiger partial charge in [-0.25, -0.2) is 0 Å². The number of aryl methyl sites for hydroxylation is 2. The number of hydrogen-bond donors (Lipinski definition) is 1. The third kappa shape index (κ3) is 2.60. The number of fused-ring (bicyclic) bond motifs is 1. The van der Waals surface area contributed by atoms with Gasteiger partial charge in [0.25, 0.3) is 0 Å². The van der Waals surface area contributed by atoms with Crippen molar-refractivity contribution < 1.29 is 4.52 Å². The second-order valence-electron chi connectivity index (χ2n) is 6.05. The molecule has 1 aliphatic carbocycles. The summed E-state index contributed by atoms with van der Waals surface area (Å²) in [7, 11) is 1.99. The van der Waals surface area contributed by atoms with Crippen molar-refractivity contribution in [2.75, 3.05) is 5.32 Å². The van der Waals surface area contributed by atoms with Crippen LogP contribution < -0.4 is 5.32 Å². The molecule has 0 fully saturated rings.